The fourth-order valence-electron chi connectivity index (χ4n) is 2.77. The minimum atomic E-state index is -0.314. The molecule has 5 nitrogen and oxygen atoms in total. The van der Waals surface area contributed by atoms with Gasteiger partial charge in [0.25, 0.3) is 0 Å². The number of thiocarbonyl (C=S) groups is 1. The molecule has 7 heteroatoms. The van der Waals surface area contributed by atoms with Gasteiger partial charge in [0.15, 0.2) is 5.11 Å². The third-order valence-corrected chi connectivity index (χ3v) is 5.47. The van der Waals surface area contributed by atoms with Gasteiger partial charge in [0.1, 0.15) is 5.00 Å². The molecule has 0 saturated heterocycles. The Balaban J connectivity index is 1.79. The van der Waals surface area contributed by atoms with Gasteiger partial charge in [0.2, 0.25) is 5.91 Å². The van der Waals surface area contributed by atoms with E-state index in [1.807, 2.05) is 0 Å². The molecule has 3 rings (SSSR count). The zero-order valence-electron chi connectivity index (χ0n) is 13.1. The highest BCUT2D eigenvalue weighted by Crippen LogP contribution is 2.38. The summed E-state index contributed by atoms with van der Waals surface area (Å²) < 4.78 is 5.20. The summed E-state index contributed by atoms with van der Waals surface area (Å²) in [6, 6.07) is 0. The molecular formula is C16H20N2O3S2. The van der Waals surface area contributed by atoms with Crippen LogP contribution < -0.4 is 10.6 Å². The van der Waals surface area contributed by atoms with Gasteiger partial charge in [0.05, 0.1) is 12.2 Å². The molecule has 1 aromatic heterocycles. The maximum absolute atomic E-state index is 12.3. The summed E-state index contributed by atoms with van der Waals surface area (Å²) >= 11 is 6.77. The van der Waals surface area contributed by atoms with E-state index in [1.54, 1.807) is 18.3 Å². The average molecular weight is 352 g/mol. The number of rotatable bonds is 4. The number of esters is 1. The van der Waals surface area contributed by atoms with Crippen molar-refractivity contribution in [2.45, 2.75) is 45.4 Å². The van der Waals surface area contributed by atoms with Gasteiger partial charge in [-0.2, -0.15) is 0 Å². The Kier molecular flexibility index (Phi) is 4.96. The number of aryl methyl sites for hydroxylation is 1. The first kappa shape index (κ1) is 16.4. The standard InChI is InChI=1S/C16H20N2O3S2/c1-2-21-15(20)12-10-5-3-4-6-11(10)23-14(12)18-16(22)17-13(19)9-7-8-9/h9H,2-8H2,1H3,(H2,17,18,19,22). The monoisotopic (exact) mass is 352 g/mol. The number of hydrogen-bond donors (Lipinski definition) is 2. The third-order valence-electron chi connectivity index (χ3n) is 4.06. The van der Waals surface area contributed by atoms with Gasteiger partial charge in [-0.05, 0) is 63.2 Å². The van der Waals surface area contributed by atoms with E-state index in [1.165, 1.54) is 4.88 Å². The SMILES string of the molecule is CCOC(=O)c1c(NC(=S)NC(=O)C2CC2)sc2c1CCCC2. The summed E-state index contributed by atoms with van der Waals surface area (Å²) in [6.45, 7) is 2.13. The maximum Gasteiger partial charge on any atom is 0.341 e. The Morgan fingerprint density at radius 3 is 2.74 bits per heavy atom. The number of anilines is 1. The van der Waals surface area contributed by atoms with Gasteiger partial charge < -0.3 is 15.4 Å². The first-order valence-corrected chi connectivity index (χ1v) is 9.26. The summed E-state index contributed by atoms with van der Waals surface area (Å²) in [7, 11) is 0. The Labute approximate surface area is 144 Å². The number of hydrogen-bond acceptors (Lipinski definition) is 5. The van der Waals surface area contributed by atoms with Crippen molar-refractivity contribution < 1.29 is 14.3 Å². The van der Waals surface area contributed by atoms with Gasteiger partial charge in [-0.3, -0.25) is 4.79 Å². The van der Waals surface area contributed by atoms with Crippen LogP contribution in [-0.4, -0.2) is 23.6 Å². The van der Waals surface area contributed by atoms with Crippen molar-refractivity contribution in [3.05, 3.63) is 16.0 Å². The van der Waals surface area contributed by atoms with Crippen molar-refractivity contribution in [1.29, 1.82) is 0 Å². The molecular weight excluding hydrogens is 332 g/mol. The molecule has 0 radical (unpaired) electrons. The van der Waals surface area contributed by atoms with Gasteiger partial charge >= 0.3 is 5.97 Å². The average Bonchev–Trinajstić information content (AvgIpc) is 3.29. The lowest BCUT2D eigenvalue weighted by molar-refractivity contribution is -0.120. The van der Waals surface area contributed by atoms with Crippen LogP contribution in [0.5, 0.6) is 0 Å². The molecule has 0 aromatic carbocycles. The van der Waals surface area contributed by atoms with Crippen LogP contribution in [0.4, 0.5) is 5.00 Å². The van der Waals surface area contributed by atoms with Crippen molar-refractivity contribution in [1.82, 2.24) is 5.32 Å². The molecule has 0 bridgehead atoms. The van der Waals surface area contributed by atoms with Gasteiger partial charge in [-0.1, -0.05) is 0 Å². The van der Waals surface area contributed by atoms with Crippen molar-refractivity contribution >= 4 is 45.5 Å². The molecule has 2 N–H and O–H groups in total. The van der Waals surface area contributed by atoms with Crippen molar-refractivity contribution in [2.24, 2.45) is 5.92 Å². The molecule has 2 aliphatic rings. The minimum absolute atomic E-state index is 0.0403. The molecule has 23 heavy (non-hydrogen) atoms. The van der Waals surface area contributed by atoms with Crippen molar-refractivity contribution in [3.63, 3.8) is 0 Å². The molecule has 1 amide bonds. The van der Waals surface area contributed by atoms with E-state index < -0.39 is 0 Å². The van der Waals surface area contributed by atoms with Crippen LogP contribution in [0.25, 0.3) is 0 Å². The van der Waals surface area contributed by atoms with Crippen LogP contribution in [0.2, 0.25) is 0 Å². The predicted molar refractivity (Wildman–Crippen MR) is 94.0 cm³/mol. The molecule has 0 atom stereocenters. The lowest BCUT2D eigenvalue weighted by atomic mass is 9.95. The highest BCUT2D eigenvalue weighted by atomic mass is 32.1. The van der Waals surface area contributed by atoms with Gasteiger partial charge in [-0.15, -0.1) is 11.3 Å². The van der Waals surface area contributed by atoms with E-state index in [9.17, 15) is 9.59 Å². The molecule has 0 aliphatic heterocycles. The second kappa shape index (κ2) is 6.97. The van der Waals surface area contributed by atoms with E-state index in [2.05, 4.69) is 10.6 Å². The van der Waals surface area contributed by atoms with Crippen LogP contribution >= 0.6 is 23.6 Å². The number of ether oxygens (including phenoxy) is 1. The number of amides is 1. The molecule has 0 spiro atoms. The van der Waals surface area contributed by atoms with Gasteiger partial charge in [0, 0.05) is 10.8 Å². The fraction of sp³-hybridized carbons (Fsp3) is 0.562. The fourth-order valence-corrected chi connectivity index (χ4v) is 4.32. The smallest absolute Gasteiger partial charge is 0.341 e. The molecule has 0 unspecified atom stereocenters. The van der Waals surface area contributed by atoms with E-state index in [0.29, 0.717) is 17.2 Å². The van der Waals surface area contributed by atoms with Gasteiger partial charge in [-0.25, -0.2) is 4.79 Å². The second-order valence-corrected chi connectivity index (χ2v) is 7.37. The normalized spacial score (nSPS) is 16.4. The minimum Gasteiger partial charge on any atom is -0.462 e. The molecule has 124 valence electrons. The van der Waals surface area contributed by atoms with Crippen LogP contribution in [0.15, 0.2) is 0 Å². The topological polar surface area (TPSA) is 67.4 Å². The Morgan fingerprint density at radius 2 is 2.04 bits per heavy atom. The lowest BCUT2D eigenvalue weighted by Crippen LogP contribution is -2.35. The van der Waals surface area contributed by atoms with Crippen LogP contribution in [0.3, 0.4) is 0 Å². The van der Waals surface area contributed by atoms with Crippen LogP contribution in [-0.2, 0) is 22.4 Å². The van der Waals surface area contributed by atoms with Crippen LogP contribution in [0.1, 0.15) is 53.4 Å². The summed E-state index contributed by atoms with van der Waals surface area (Å²) in [5.74, 6) is -0.261. The maximum atomic E-state index is 12.3. The zero-order valence-corrected chi connectivity index (χ0v) is 14.7. The Hall–Kier alpha value is -1.47. The summed E-state index contributed by atoms with van der Waals surface area (Å²) in [6.07, 6.45) is 5.94. The Morgan fingerprint density at radius 1 is 1.30 bits per heavy atom. The second-order valence-electron chi connectivity index (χ2n) is 5.85. The van der Waals surface area contributed by atoms with Crippen molar-refractivity contribution in [2.75, 3.05) is 11.9 Å². The number of nitrogens with one attached hydrogen (secondary N) is 2. The summed E-state index contributed by atoms with van der Waals surface area (Å²) in [4.78, 5) is 25.3. The third kappa shape index (κ3) is 3.72. The molecule has 1 heterocycles. The van der Waals surface area contributed by atoms with E-state index in [-0.39, 0.29) is 22.9 Å². The van der Waals surface area contributed by atoms with E-state index >= 15 is 0 Å². The van der Waals surface area contributed by atoms with E-state index in [4.69, 9.17) is 17.0 Å². The molecule has 1 saturated carbocycles. The van der Waals surface area contributed by atoms with Crippen molar-refractivity contribution in [3.8, 4) is 0 Å². The Bertz CT molecular complexity index is 650. The highest BCUT2D eigenvalue weighted by Gasteiger charge is 2.31. The van der Waals surface area contributed by atoms with Crippen LogP contribution in [0, 0.1) is 5.92 Å². The quantitative estimate of drug-likeness (QED) is 0.644. The molecule has 1 aromatic rings. The molecule has 2 aliphatic carbocycles. The number of carbonyl (C=O) groups is 2. The lowest BCUT2D eigenvalue weighted by Gasteiger charge is -2.12. The first-order chi connectivity index (χ1) is 11.1. The highest BCUT2D eigenvalue weighted by molar-refractivity contribution is 7.80. The first-order valence-electron chi connectivity index (χ1n) is 8.03. The van der Waals surface area contributed by atoms with E-state index in [0.717, 1.165) is 44.1 Å². The molecule has 1 fully saturated rings. The summed E-state index contributed by atoms with van der Waals surface area (Å²) in [5, 5.41) is 6.69. The number of thiophene rings is 1. The summed E-state index contributed by atoms with van der Waals surface area (Å²) in [5.41, 5.74) is 1.67. The zero-order chi connectivity index (χ0) is 16.4. The largest absolute Gasteiger partial charge is 0.462 e. The number of fused-ring (bicyclic) bond motifs is 1. The number of carbonyl (C=O) groups excluding carboxylic acids is 2. The predicted octanol–water partition coefficient (Wildman–Crippen LogP) is 3.03.